The van der Waals surface area contributed by atoms with Crippen LogP contribution >= 0.6 is 0 Å². The molecule has 0 spiro atoms. The van der Waals surface area contributed by atoms with Crippen LogP contribution in [0, 0.1) is 5.92 Å². The van der Waals surface area contributed by atoms with Crippen LogP contribution < -0.4 is 10.6 Å². The van der Waals surface area contributed by atoms with E-state index in [0.717, 1.165) is 82.3 Å². The second kappa shape index (κ2) is 16.7. The van der Waals surface area contributed by atoms with Crippen LogP contribution in [0.2, 0.25) is 0 Å². The molecule has 1 aliphatic heterocycles. The number of hydrogen-bond acceptors (Lipinski definition) is 7. The molecule has 1 amide bonds. The molecule has 3 atom stereocenters. The van der Waals surface area contributed by atoms with Gasteiger partial charge in [-0.3, -0.25) is 4.79 Å². The maximum atomic E-state index is 14.5. The fourth-order valence-electron chi connectivity index (χ4n) is 5.73. The highest BCUT2D eigenvalue weighted by atomic mass is 19.1. The van der Waals surface area contributed by atoms with E-state index >= 15 is 0 Å². The van der Waals surface area contributed by atoms with E-state index in [-0.39, 0.29) is 31.4 Å². The van der Waals surface area contributed by atoms with Crippen molar-refractivity contribution in [1.82, 2.24) is 15.2 Å². The molecule has 3 unspecified atom stereocenters. The summed E-state index contributed by atoms with van der Waals surface area (Å²) < 4.78 is 24.9. The van der Waals surface area contributed by atoms with Crippen molar-refractivity contribution in [3.8, 4) is 0 Å². The van der Waals surface area contributed by atoms with E-state index in [4.69, 9.17) is 14.5 Å². The van der Waals surface area contributed by atoms with Gasteiger partial charge in [0, 0.05) is 39.5 Å². The number of methoxy groups -OCH3 is 2. The number of carbonyl (C=O) groups is 2. The van der Waals surface area contributed by atoms with Crippen molar-refractivity contribution >= 4 is 17.7 Å². The average Bonchev–Trinajstić information content (AvgIpc) is 2.94. The van der Waals surface area contributed by atoms with Crippen LogP contribution in [0.15, 0.2) is 12.1 Å². The molecule has 9 nitrogen and oxygen atoms in total. The Bertz CT molecular complexity index is 898. The standard InChI is InChI=1S/C29H47FN4O5/c1-38-20-23(30)19-34(17-7-6-12-24-14-13-22-11-8-16-31-27(22)32-24)18-15-25(29(36)37)33-28(35)26(39-2)21-9-4-3-5-10-21/h13-14,21,23,25-26H,3-12,15-20H2,1-2H3,(H,31,32)(H,33,35)(H,36,37). The number of hydrogen-bond donors (Lipinski definition) is 3. The van der Waals surface area contributed by atoms with Gasteiger partial charge in [-0.2, -0.15) is 0 Å². The van der Waals surface area contributed by atoms with Crippen LogP contribution in [0.25, 0.3) is 0 Å². The molecule has 0 radical (unpaired) electrons. The number of halogens is 1. The third kappa shape index (κ3) is 10.3. The number of nitrogens with one attached hydrogen (secondary N) is 2. The highest BCUT2D eigenvalue weighted by Crippen LogP contribution is 2.28. The first-order valence-electron chi connectivity index (χ1n) is 14.5. The van der Waals surface area contributed by atoms with Crippen LogP contribution in [0.3, 0.4) is 0 Å². The van der Waals surface area contributed by atoms with Gasteiger partial charge in [0.1, 0.15) is 24.1 Å². The summed E-state index contributed by atoms with van der Waals surface area (Å²) in [6.45, 7) is 2.06. The maximum Gasteiger partial charge on any atom is 0.326 e. The van der Waals surface area contributed by atoms with Gasteiger partial charge in [0.15, 0.2) is 0 Å². The monoisotopic (exact) mass is 550 g/mol. The molecule has 3 rings (SSSR count). The molecule has 3 N–H and O–H groups in total. The Morgan fingerprint density at radius 1 is 1.18 bits per heavy atom. The lowest BCUT2D eigenvalue weighted by atomic mass is 9.84. The van der Waals surface area contributed by atoms with E-state index in [1.165, 1.54) is 19.8 Å². The summed E-state index contributed by atoms with van der Waals surface area (Å²) in [4.78, 5) is 31.6. The number of pyridine rings is 1. The van der Waals surface area contributed by atoms with Gasteiger partial charge >= 0.3 is 5.97 Å². The third-order valence-electron chi connectivity index (χ3n) is 7.85. The number of anilines is 1. The smallest absolute Gasteiger partial charge is 0.326 e. The minimum absolute atomic E-state index is 0.0153. The molecule has 2 heterocycles. The quantitative estimate of drug-likeness (QED) is 0.252. The summed E-state index contributed by atoms with van der Waals surface area (Å²) in [5.74, 6) is -0.377. The molecule has 1 aliphatic carbocycles. The summed E-state index contributed by atoms with van der Waals surface area (Å²) in [6.07, 6.45) is 8.17. The largest absolute Gasteiger partial charge is 0.480 e. The molecule has 10 heteroatoms. The zero-order chi connectivity index (χ0) is 28.0. The number of unbranched alkanes of at least 4 members (excludes halogenated alkanes) is 1. The van der Waals surface area contributed by atoms with Crippen molar-refractivity contribution in [3.05, 3.63) is 23.4 Å². The first-order valence-corrected chi connectivity index (χ1v) is 14.5. The minimum atomic E-state index is -1.18. The number of carboxylic acid groups (broad SMARTS) is 1. The SMILES string of the molecule is COCC(F)CN(CCCCc1ccc2c(n1)NCCC2)CCC(NC(=O)C(OC)C1CCCCC1)C(=O)O. The van der Waals surface area contributed by atoms with Gasteiger partial charge in [-0.25, -0.2) is 14.2 Å². The Balaban J connectivity index is 1.51. The molecule has 2 aliphatic rings. The van der Waals surface area contributed by atoms with E-state index in [2.05, 4.69) is 22.8 Å². The zero-order valence-electron chi connectivity index (χ0n) is 23.6. The molecule has 39 heavy (non-hydrogen) atoms. The van der Waals surface area contributed by atoms with Crippen LogP contribution in [-0.4, -0.2) is 92.2 Å². The van der Waals surface area contributed by atoms with Gasteiger partial charge in [-0.15, -0.1) is 0 Å². The maximum absolute atomic E-state index is 14.5. The molecule has 1 aromatic heterocycles. The molecule has 0 aromatic carbocycles. The topological polar surface area (TPSA) is 113 Å². The summed E-state index contributed by atoms with van der Waals surface area (Å²) in [5.41, 5.74) is 2.30. The molecular formula is C29H47FN4O5. The number of aromatic nitrogens is 1. The van der Waals surface area contributed by atoms with E-state index in [9.17, 15) is 19.1 Å². The lowest BCUT2D eigenvalue weighted by Crippen LogP contribution is -2.49. The van der Waals surface area contributed by atoms with Gasteiger partial charge in [0.05, 0.1) is 6.61 Å². The highest BCUT2D eigenvalue weighted by molar-refractivity contribution is 5.86. The fraction of sp³-hybridized carbons (Fsp3) is 0.759. The average molecular weight is 551 g/mol. The lowest BCUT2D eigenvalue weighted by molar-refractivity contribution is -0.145. The predicted octanol–water partition coefficient (Wildman–Crippen LogP) is 3.60. The molecule has 1 fully saturated rings. The van der Waals surface area contributed by atoms with Crippen molar-refractivity contribution < 1.29 is 28.6 Å². The van der Waals surface area contributed by atoms with Gasteiger partial charge < -0.3 is 30.1 Å². The molecule has 1 saturated carbocycles. The summed E-state index contributed by atoms with van der Waals surface area (Å²) >= 11 is 0. The second-order valence-electron chi connectivity index (χ2n) is 10.9. The molecule has 0 saturated heterocycles. The van der Waals surface area contributed by atoms with Gasteiger partial charge in [-0.1, -0.05) is 25.3 Å². The third-order valence-corrected chi connectivity index (χ3v) is 7.85. The van der Waals surface area contributed by atoms with E-state index in [1.54, 1.807) is 0 Å². The number of ether oxygens (including phenoxy) is 2. The Kier molecular flexibility index (Phi) is 13.4. The summed E-state index contributed by atoms with van der Waals surface area (Å²) in [6, 6.07) is 3.17. The number of amides is 1. The van der Waals surface area contributed by atoms with Crippen LogP contribution in [0.4, 0.5) is 10.2 Å². The Labute approximate surface area is 232 Å². The highest BCUT2D eigenvalue weighted by Gasteiger charge is 2.32. The van der Waals surface area contributed by atoms with Crippen LogP contribution in [0.1, 0.15) is 69.0 Å². The van der Waals surface area contributed by atoms with Crippen molar-refractivity contribution in [2.24, 2.45) is 5.92 Å². The second-order valence-corrected chi connectivity index (χ2v) is 10.9. The Morgan fingerprint density at radius 2 is 1.97 bits per heavy atom. The van der Waals surface area contributed by atoms with Gasteiger partial charge in [0.25, 0.3) is 0 Å². The van der Waals surface area contributed by atoms with Gasteiger partial charge in [-0.05, 0) is 75.5 Å². The minimum Gasteiger partial charge on any atom is -0.480 e. The number of fused-ring (bicyclic) bond motifs is 1. The van der Waals surface area contributed by atoms with E-state index in [0.29, 0.717) is 13.1 Å². The van der Waals surface area contributed by atoms with Crippen molar-refractivity contribution in [2.75, 3.05) is 52.3 Å². The molecule has 1 aromatic rings. The van der Waals surface area contributed by atoms with Gasteiger partial charge in [0.2, 0.25) is 5.91 Å². The first kappa shape index (κ1) is 31.2. The number of carboxylic acids is 1. The zero-order valence-corrected chi connectivity index (χ0v) is 23.6. The predicted molar refractivity (Wildman–Crippen MR) is 149 cm³/mol. The lowest BCUT2D eigenvalue weighted by Gasteiger charge is -2.30. The van der Waals surface area contributed by atoms with E-state index < -0.39 is 24.3 Å². The van der Waals surface area contributed by atoms with Crippen molar-refractivity contribution in [2.45, 2.75) is 88.9 Å². The van der Waals surface area contributed by atoms with E-state index in [1.807, 2.05) is 4.90 Å². The first-order chi connectivity index (χ1) is 18.9. The van der Waals surface area contributed by atoms with Crippen LogP contribution in [0.5, 0.6) is 0 Å². The van der Waals surface area contributed by atoms with Crippen LogP contribution in [-0.2, 0) is 31.9 Å². The molecule has 220 valence electrons. The van der Waals surface area contributed by atoms with Crippen molar-refractivity contribution in [1.29, 1.82) is 0 Å². The molecular weight excluding hydrogens is 503 g/mol. The number of rotatable bonds is 17. The summed E-state index contributed by atoms with van der Waals surface area (Å²) in [5, 5.41) is 15.9. The number of carbonyl (C=O) groups excluding carboxylic acids is 1. The fourth-order valence-corrected chi connectivity index (χ4v) is 5.73. The number of alkyl halides is 1. The Hall–Kier alpha value is -2.30. The summed E-state index contributed by atoms with van der Waals surface area (Å²) in [7, 11) is 2.97. The number of aliphatic carboxylic acids is 1. The number of aryl methyl sites for hydroxylation is 2. The molecule has 0 bridgehead atoms. The Morgan fingerprint density at radius 3 is 2.69 bits per heavy atom. The normalized spacial score (nSPS) is 18.2. The van der Waals surface area contributed by atoms with Crippen molar-refractivity contribution in [3.63, 3.8) is 0 Å². The number of nitrogens with zero attached hydrogens (tertiary/aromatic N) is 2.